The molecule has 0 radical (unpaired) electrons. The van der Waals surface area contributed by atoms with Crippen molar-refractivity contribution in [3.05, 3.63) is 48.5 Å². The summed E-state index contributed by atoms with van der Waals surface area (Å²) in [5.41, 5.74) is 2.27. The molecule has 2 aromatic rings. The smallest absolute Gasteiger partial charge is 0.231 e. The van der Waals surface area contributed by atoms with Gasteiger partial charge in [-0.05, 0) is 35.4 Å². The quantitative estimate of drug-likeness (QED) is 0.791. The number of ether oxygens (including phenoxy) is 4. The van der Waals surface area contributed by atoms with Crippen LogP contribution in [-0.2, 0) is 9.47 Å². The maximum atomic E-state index is 5.73. The molecule has 2 aromatic carbocycles. The molecular weight excluding hydrogens is 280 g/mol. The monoisotopic (exact) mass is 298 g/mol. The molecule has 0 saturated carbocycles. The van der Waals surface area contributed by atoms with Gasteiger partial charge in [-0.3, -0.25) is 0 Å². The van der Waals surface area contributed by atoms with Gasteiger partial charge in [-0.1, -0.05) is 24.3 Å². The summed E-state index contributed by atoms with van der Waals surface area (Å²) in [4.78, 5) is 0. The second kappa shape index (κ2) is 4.73. The Labute approximate surface area is 129 Å². The van der Waals surface area contributed by atoms with Gasteiger partial charge in [0.15, 0.2) is 0 Å². The minimum absolute atomic E-state index is 0.429. The Bertz CT molecular complexity index is 606. The van der Waals surface area contributed by atoms with Crippen molar-refractivity contribution in [2.75, 3.05) is 13.2 Å². The predicted molar refractivity (Wildman–Crippen MR) is 81.8 cm³/mol. The van der Waals surface area contributed by atoms with Crippen molar-refractivity contribution in [3.63, 3.8) is 0 Å². The Morgan fingerprint density at radius 3 is 1.27 bits per heavy atom. The standard InChI is InChI=1S/C18H18O4/c1-17(11-19-17)21-15-7-3-13(4-8-15)14-5-9-16(10-6-14)22-18(2)12-20-18/h3-10H,11-12H2,1-2H3. The molecule has 2 unspecified atom stereocenters. The molecule has 0 amide bonds. The van der Waals surface area contributed by atoms with E-state index >= 15 is 0 Å². The van der Waals surface area contributed by atoms with Crippen LogP contribution in [0.3, 0.4) is 0 Å². The lowest BCUT2D eigenvalue weighted by Crippen LogP contribution is -2.14. The van der Waals surface area contributed by atoms with E-state index in [2.05, 4.69) is 0 Å². The molecule has 2 saturated heterocycles. The molecule has 0 aromatic heterocycles. The Hall–Kier alpha value is -2.04. The summed E-state index contributed by atoms with van der Waals surface area (Å²) in [7, 11) is 0. The maximum absolute atomic E-state index is 5.73. The summed E-state index contributed by atoms with van der Waals surface area (Å²) in [5.74, 6) is 0.785. The van der Waals surface area contributed by atoms with Crippen molar-refractivity contribution in [3.8, 4) is 22.6 Å². The van der Waals surface area contributed by atoms with E-state index in [0.29, 0.717) is 13.2 Å². The van der Waals surface area contributed by atoms with E-state index in [0.717, 1.165) is 22.6 Å². The third-order valence-electron chi connectivity index (χ3n) is 3.81. The SMILES string of the molecule is CC1(Oc2ccc(-c3ccc(OC4(C)CO4)cc3)cc2)CO1. The third kappa shape index (κ3) is 2.93. The highest BCUT2D eigenvalue weighted by molar-refractivity contribution is 5.64. The fourth-order valence-electron chi connectivity index (χ4n) is 2.25. The normalized spacial score (nSPS) is 29.0. The van der Waals surface area contributed by atoms with E-state index in [1.54, 1.807) is 0 Å². The van der Waals surface area contributed by atoms with Crippen LogP contribution in [0, 0.1) is 0 Å². The van der Waals surface area contributed by atoms with Crippen LogP contribution in [0.5, 0.6) is 11.5 Å². The van der Waals surface area contributed by atoms with Crippen LogP contribution in [0.2, 0.25) is 0 Å². The molecule has 2 aliphatic heterocycles. The van der Waals surface area contributed by atoms with Crippen LogP contribution >= 0.6 is 0 Å². The molecule has 2 fully saturated rings. The van der Waals surface area contributed by atoms with Crippen LogP contribution in [0.25, 0.3) is 11.1 Å². The minimum Gasteiger partial charge on any atom is -0.460 e. The average Bonchev–Trinajstić information content (AvgIpc) is 3.42. The van der Waals surface area contributed by atoms with Crippen molar-refractivity contribution in [2.45, 2.75) is 25.4 Å². The molecule has 2 aliphatic rings. The van der Waals surface area contributed by atoms with Crippen LogP contribution < -0.4 is 9.47 Å². The Kier molecular flexibility index (Phi) is 2.93. The minimum atomic E-state index is -0.429. The molecule has 4 nitrogen and oxygen atoms in total. The molecule has 0 N–H and O–H groups in total. The summed E-state index contributed by atoms with van der Waals surface area (Å²) in [5, 5.41) is 0. The van der Waals surface area contributed by atoms with Crippen LogP contribution in [0.4, 0.5) is 0 Å². The predicted octanol–water partition coefficient (Wildman–Crippen LogP) is 3.60. The van der Waals surface area contributed by atoms with Gasteiger partial charge >= 0.3 is 0 Å². The maximum Gasteiger partial charge on any atom is 0.231 e. The van der Waals surface area contributed by atoms with Gasteiger partial charge in [0.2, 0.25) is 11.6 Å². The van der Waals surface area contributed by atoms with Gasteiger partial charge in [0.1, 0.15) is 24.7 Å². The average molecular weight is 298 g/mol. The summed E-state index contributed by atoms with van der Waals surface area (Å²) in [6, 6.07) is 16.0. The lowest BCUT2D eigenvalue weighted by Gasteiger charge is -2.11. The Morgan fingerprint density at radius 1 is 0.682 bits per heavy atom. The number of hydrogen-bond donors (Lipinski definition) is 0. The van der Waals surface area contributed by atoms with Gasteiger partial charge < -0.3 is 18.9 Å². The van der Waals surface area contributed by atoms with E-state index < -0.39 is 11.6 Å². The highest BCUT2D eigenvalue weighted by atomic mass is 16.8. The Morgan fingerprint density at radius 2 is 1.00 bits per heavy atom. The second-order valence-electron chi connectivity index (χ2n) is 6.10. The lowest BCUT2D eigenvalue weighted by molar-refractivity contribution is 0.0797. The van der Waals surface area contributed by atoms with E-state index in [1.165, 1.54) is 0 Å². The zero-order valence-electron chi connectivity index (χ0n) is 12.7. The fourth-order valence-corrected chi connectivity index (χ4v) is 2.25. The topological polar surface area (TPSA) is 43.5 Å². The molecule has 2 heterocycles. The zero-order valence-corrected chi connectivity index (χ0v) is 12.7. The molecular formula is C18H18O4. The van der Waals surface area contributed by atoms with Crippen molar-refractivity contribution in [2.24, 2.45) is 0 Å². The molecule has 4 heteroatoms. The van der Waals surface area contributed by atoms with E-state index in [4.69, 9.17) is 18.9 Å². The molecule has 22 heavy (non-hydrogen) atoms. The third-order valence-corrected chi connectivity index (χ3v) is 3.81. The molecule has 114 valence electrons. The first-order valence-corrected chi connectivity index (χ1v) is 7.40. The number of hydrogen-bond acceptors (Lipinski definition) is 4. The molecule has 0 bridgehead atoms. The first-order valence-electron chi connectivity index (χ1n) is 7.40. The van der Waals surface area contributed by atoms with Crippen molar-refractivity contribution < 1.29 is 18.9 Å². The van der Waals surface area contributed by atoms with Crippen LogP contribution in [-0.4, -0.2) is 24.8 Å². The number of epoxide rings is 2. The number of benzene rings is 2. The molecule has 4 rings (SSSR count). The summed E-state index contributed by atoms with van der Waals surface area (Å²) >= 11 is 0. The lowest BCUT2D eigenvalue weighted by atomic mass is 10.1. The van der Waals surface area contributed by atoms with E-state index in [1.807, 2.05) is 62.4 Å². The Balaban J connectivity index is 1.46. The first-order chi connectivity index (χ1) is 10.5. The summed E-state index contributed by atoms with van der Waals surface area (Å²) in [6.07, 6.45) is 0. The van der Waals surface area contributed by atoms with Gasteiger partial charge in [-0.25, -0.2) is 0 Å². The van der Waals surface area contributed by atoms with Crippen molar-refractivity contribution in [1.82, 2.24) is 0 Å². The first kappa shape index (κ1) is 13.6. The fraction of sp³-hybridized carbons (Fsp3) is 0.333. The van der Waals surface area contributed by atoms with Gasteiger partial charge in [0.25, 0.3) is 0 Å². The van der Waals surface area contributed by atoms with E-state index in [-0.39, 0.29) is 0 Å². The zero-order chi connectivity index (χ0) is 15.2. The molecule has 0 aliphatic carbocycles. The van der Waals surface area contributed by atoms with Crippen LogP contribution in [0.1, 0.15) is 13.8 Å². The van der Waals surface area contributed by atoms with Gasteiger partial charge in [-0.15, -0.1) is 0 Å². The molecule has 0 spiro atoms. The van der Waals surface area contributed by atoms with E-state index in [9.17, 15) is 0 Å². The number of rotatable bonds is 5. The van der Waals surface area contributed by atoms with Crippen molar-refractivity contribution >= 4 is 0 Å². The van der Waals surface area contributed by atoms with Gasteiger partial charge in [0.05, 0.1) is 0 Å². The van der Waals surface area contributed by atoms with Crippen LogP contribution in [0.15, 0.2) is 48.5 Å². The van der Waals surface area contributed by atoms with Gasteiger partial charge in [0, 0.05) is 13.8 Å². The molecule has 2 atom stereocenters. The second-order valence-corrected chi connectivity index (χ2v) is 6.10. The largest absolute Gasteiger partial charge is 0.460 e. The summed E-state index contributed by atoms with van der Waals surface area (Å²) < 4.78 is 21.9. The highest BCUT2D eigenvalue weighted by Gasteiger charge is 2.42. The highest BCUT2D eigenvalue weighted by Crippen LogP contribution is 2.33. The van der Waals surface area contributed by atoms with Crippen molar-refractivity contribution in [1.29, 1.82) is 0 Å². The van der Waals surface area contributed by atoms with Gasteiger partial charge in [-0.2, -0.15) is 0 Å². The summed E-state index contributed by atoms with van der Waals surface area (Å²) in [6.45, 7) is 5.17.